The number of sulfone groups is 1. The number of alkyl halides is 6. The Balaban J connectivity index is 1.65. The van der Waals surface area contributed by atoms with Gasteiger partial charge >= 0.3 is 12.4 Å². The number of rotatable bonds is 9. The molecule has 2 saturated heterocycles. The molecule has 2 aliphatic rings. The Bertz CT molecular complexity index is 2060. The van der Waals surface area contributed by atoms with Gasteiger partial charge in [0.15, 0.2) is 15.9 Å². The number of benzene rings is 3. The Morgan fingerprint density at radius 3 is 2.23 bits per heavy atom. The van der Waals surface area contributed by atoms with E-state index in [1.54, 1.807) is 7.11 Å². The van der Waals surface area contributed by atoms with Gasteiger partial charge in [0.25, 0.3) is 5.91 Å². The van der Waals surface area contributed by atoms with Crippen LogP contribution < -0.4 is 10.6 Å². The normalized spacial score (nSPS) is 21.0. The van der Waals surface area contributed by atoms with Crippen LogP contribution in [0.5, 0.6) is 0 Å². The van der Waals surface area contributed by atoms with Gasteiger partial charge < -0.3 is 19.9 Å². The van der Waals surface area contributed by atoms with Crippen LogP contribution in [0.25, 0.3) is 22.2 Å². The summed E-state index contributed by atoms with van der Waals surface area (Å²) in [6.07, 6.45) is -5.95. The summed E-state index contributed by atoms with van der Waals surface area (Å²) in [4.78, 5) is 19.3. The van der Waals surface area contributed by atoms with Crippen LogP contribution in [0.1, 0.15) is 58.8 Å². The number of hydrogen-bond acceptors (Lipinski definition) is 6. The summed E-state index contributed by atoms with van der Waals surface area (Å²) in [6.45, 7) is 2.61. The van der Waals surface area contributed by atoms with Crippen molar-refractivity contribution in [3.8, 4) is 11.3 Å². The number of likely N-dealkylation sites (tertiary alicyclic amines) is 1. The van der Waals surface area contributed by atoms with Crippen molar-refractivity contribution in [2.45, 2.75) is 67.7 Å². The van der Waals surface area contributed by atoms with Gasteiger partial charge in [-0.15, -0.1) is 0 Å². The molecular formula is C38H41F6N4O4S+. The summed E-state index contributed by atoms with van der Waals surface area (Å²) < 4.78 is 118. The molecular weight excluding hydrogens is 722 g/mol. The minimum Gasteiger partial charge on any atom is -0.381 e. The zero-order chi connectivity index (χ0) is 38.2. The second kappa shape index (κ2) is 15.0. The zero-order valence-corrected chi connectivity index (χ0v) is 30.0. The minimum absolute atomic E-state index is 0.00410. The molecule has 6 rings (SSSR count). The van der Waals surface area contributed by atoms with E-state index in [1.807, 2.05) is 0 Å². The van der Waals surface area contributed by atoms with Gasteiger partial charge in [-0.2, -0.15) is 26.3 Å². The number of carbonyl (C=O) groups excluding carboxylic acids is 1. The van der Waals surface area contributed by atoms with Crippen molar-refractivity contribution < 1.29 is 48.8 Å². The molecule has 8 nitrogen and oxygen atoms in total. The van der Waals surface area contributed by atoms with E-state index in [-0.39, 0.29) is 62.4 Å². The van der Waals surface area contributed by atoms with Crippen molar-refractivity contribution in [2.75, 3.05) is 39.5 Å². The number of ether oxygens (including phenoxy) is 1. The van der Waals surface area contributed by atoms with Crippen LogP contribution in [0.15, 0.2) is 77.7 Å². The van der Waals surface area contributed by atoms with Crippen LogP contribution in [0.3, 0.4) is 0 Å². The highest BCUT2D eigenvalue weighted by Crippen LogP contribution is 2.41. The van der Waals surface area contributed by atoms with Crippen molar-refractivity contribution in [3.05, 3.63) is 95.1 Å². The number of nitrogens with one attached hydrogen (secondary N) is 2. The van der Waals surface area contributed by atoms with Gasteiger partial charge in [0.2, 0.25) is 0 Å². The lowest BCUT2D eigenvalue weighted by Crippen LogP contribution is -2.61. The van der Waals surface area contributed by atoms with E-state index in [9.17, 15) is 39.6 Å². The molecule has 284 valence electrons. The van der Waals surface area contributed by atoms with E-state index >= 15 is 0 Å². The Morgan fingerprint density at radius 1 is 0.943 bits per heavy atom. The van der Waals surface area contributed by atoms with Gasteiger partial charge in [-0.1, -0.05) is 42.5 Å². The molecule has 2 N–H and O–H groups in total. The number of nitrogens with zero attached hydrogens (tertiary/aromatic N) is 2. The first-order valence-electron chi connectivity index (χ1n) is 17.4. The van der Waals surface area contributed by atoms with Gasteiger partial charge in [0, 0.05) is 68.7 Å². The molecule has 3 heterocycles. The number of piperidine rings is 2. The molecule has 1 aromatic heterocycles. The molecule has 3 aromatic carbocycles. The number of carbonyl (C=O) groups is 1. The highest BCUT2D eigenvalue weighted by Gasteiger charge is 2.45. The number of hydrogen-bond donors (Lipinski definition) is 2. The number of pyridine rings is 1. The third-order valence-electron chi connectivity index (χ3n) is 10.6. The molecule has 15 heteroatoms. The molecule has 2 aliphatic heterocycles. The summed E-state index contributed by atoms with van der Waals surface area (Å²) in [5.41, 5.74) is -1.27. The molecule has 0 aliphatic carbocycles. The summed E-state index contributed by atoms with van der Waals surface area (Å²) >= 11 is 0. The Morgan fingerprint density at radius 2 is 1.62 bits per heavy atom. The van der Waals surface area contributed by atoms with E-state index in [0.717, 1.165) is 31.2 Å². The summed E-state index contributed by atoms with van der Waals surface area (Å²) in [5.74, 6) is -1.16. The first-order valence-corrected chi connectivity index (χ1v) is 19.3. The highest BCUT2D eigenvalue weighted by atomic mass is 32.2. The largest absolute Gasteiger partial charge is 0.416 e. The zero-order valence-electron chi connectivity index (χ0n) is 29.2. The maximum Gasteiger partial charge on any atom is 0.416 e. The fourth-order valence-electron chi connectivity index (χ4n) is 7.83. The molecule has 0 spiro atoms. The molecule has 0 unspecified atom stereocenters. The summed E-state index contributed by atoms with van der Waals surface area (Å²) in [7, 11) is -2.25. The fraction of sp³-hybridized carbons (Fsp3) is 0.421. The highest BCUT2D eigenvalue weighted by molar-refractivity contribution is 7.90. The van der Waals surface area contributed by atoms with E-state index in [2.05, 4.69) is 10.6 Å². The van der Waals surface area contributed by atoms with Crippen LogP contribution in [0.4, 0.5) is 26.3 Å². The smallest absolute Gasteiger partial charge is 0.381 e. The van der Waals surface area contributed by atoms with E-state index in [0.29, 0.717) is 43.5 Å². The van der Waals surface area contributed by atoms with E-state index in [4.69, 9.17) is 9.72 Å². The van der Waals surface area contributed by atoms with Gasteiger partial charge in [-0.25, -0.2) is 13.4 Å². The van der Waals surface area contributed by atoms with Crippen molar-refractivity contribution >= 4 is 26.6 Å². The number of fused-ring (bicyclic) bond motifs is 1. The second-order valence-electron chi connectivity index (χ2n) is 13.9. The molecule has 0 bridgehead atoms. The van der Waals surface area contributed by atoms with Crippen LogP contribution >= 0.6 is 0 Å². The Labute approximate surface area is 304 Å². The van der Waals surface area contributed by atoms with Crippen molar-refractivity contribution in [1.29, 1.82) is 0 Å². The average molecular weight is 764 g/mol. The third-order valence-corrected chi connectivity index (χ3v) is 11.7. The molecule has 53 heavy (non-hydrogen) atoms. The van der Waals surface area contributed by atoms with Crippen LogP contribution in [0.2, 0.25) is 0 Å². The number of amides is 1. The van der Waals surface area contributed by atoms with Gasteiger partial charge in [0.1, 0.15) is 6.54 Å². The predicted octanol–water partition coefficient (Wildman–Crippen LogP) is 7.24. The van der Waals surface area contributed by atoms with Gasteiger partial charge in [-0.05, 0) is 35.9 Å². The lowest BCUT2D eigenvalue weighted by Gasteiger charge is -2.50. The third kappa shape index (κ3) is 8.37. The van der Waals surface area contributed by atoms with Gasteiger partial charge in [-0.3, -0.25) is 4.79 Å². The summed E-state index contributed by atoms with van der Waals surface area (Å²) in [5, 5.41) is 5.51. The topological polar surface area (TPSA) is 97.4 Å². The van der Waals surface area contributed by atoms with E-state index < -0.39 is 39.7 Å². The molecule has 0 saturated carbocycles. The van der Waals surface area contributed by atoms with Crippen molar-refractivity contribution in [1.82, 2.24) is 15.6 Å². The lowest BCUT2D eigenvalue weighted by atomic mass is 9.90. The van der Waals surface area contributed by atoms with Crippen molar-refractivity contribution in [3.63, 3.8) is 0 Å². The van der Waals surface area contributed by atoms with Crippen LogP contribution in [0, 0.1) is 0 Å². The quantitative estimate of drug-likeness (QED) is 0.138. The summed E-state index contributed by atoms with van der Waals surface area (Å²) in [6, 6.07) is 12.7. The number of quaternary nitrogens is 1. The molecule has 4 aromatic rings. The first kappa shape index (κ1) is 38.7. The number of halogens is 6. The molecule has 1 amide bonds. The molecule has 2 fully saturated rings. The first-order chi connectivity index (χ1) is 25.0. The molecule has 0 radical (unpaired) electrons. The average Bonchev–Trinajstić information content (AvgIpc) is 3.13. The van der Waals surface area contributed by atoms with E-state index in [1.165, 1.54) is 60.7 Å². The molecule has 1 atom stereocenters. The minimum atomic E-state index is -4.94. The lowest BCUT2D eigenvalue weighted by molar-refractivity contribution is -0.969. The van der Waals surface area contributed by atoms with Gasteiger partial charge in [0.05, 0.1) is 52.5 Å². The van der Waals surface area contributed by atoms with Crippen LogP contribution in [-0.4, -0.2) is 81.7 Å². The second-order valence-corrected chi connectivity index (χ2v) is 16.0. The number of aromatic nitrogens is 1. The fourth-order valence-corrected chi connectivity index (χ4v) is 8.47. The Hall–Kier alpha value is -4.05. The Kier molecular flexibility index (Phi) is 10.9. The van der Waals surface area contributed by atoms with Crippen molar-refractivity contribution in [2.24, 2.45) is 0 Å². The monoisotopic (exact) mass is 763 g/mol. The van der Waals surface area contributed by atoms with Crippen LogP contribution in [-0.2, 0) is 27.3 Å². The standard InChI is InChI=1S/C38H40F6N4O4S/c1-52-28-15-19-48(20-16-28,27-13-17-45-18-14-27)23-31-33(36(49)47-35(38(42,43)44)24-7-4-3-5-8-24)30-22-29(53(2,50)51)11-12-32(30)46-34(31)25-9-6-10-26(21-25)37(39,40)41/h3-12,21-22,27-28,35,45H,13-20,23H2,1-2H3/p+1/t28?,35-,48?/m1/s1. The predicted molar refractivity (Wildman–Crippen MR) is 188 cm³/mol. The SMILES string of the molecule is COC1CC[N+](Cc2c(-c3cccc(C(F)(F)F)c3)nc3ccc(S(C)(=O)=O)cc3c2C(=O)N[C@H](c2ccccc2)C(F)(F)F)(C2CCNCC2)CC1. The maximum atomic E-state index is 14.7. The number of methoxy groups -OCH3 is 1. The maximum absolute atomic E-state index is 14.7.